The molecule has 0 unspecified atom stereocenters. The lowest BCUT2D eigenvalue weighted by molar-refractivity contribution is -0.140. The van der Waals surface area contributed by atoms with Gasteiger partial charge in [0.2, 0.25) is 5.88 Å². The van der Waals surface area contributed by atoms with Gasteiger partial charge in [0.15, 0.2) is 0 Å². The lowest BCUT2D eigenvalue weighted by Gasteiger charge is -2.11. The summed E-state index contributed by atoms with van der Waals surface area (Å²) in [5.41, 5.74) is -0.351. The summed E-state index contributed by atoms with van der Waals surface area (Å²) in [4.78, 5) is 20.5. The Morgan fingerprint density at radius 1 is 1.15 bits per heavy atom. The fraction of sp³-hybridized carbons (Fsp3) is 0.250. The standard InChI is InChI=1S/C20H16F4N6O3/c1-3-33-18(31)12-7-25-30(10-12)19-27-15-8-26-29(16(15)17(28-19)32-2)9-11-4-5-14(21)13(6-11)20(22,23)24/h4-8,10H,3,9H2,1-2H3. The van der Waals surface area contributed by atoms with Crippen molar-refractivity contribution in [3.05, 3.63) is 59.3 Å². The van der Waals surface area contributed by atoms with Crippen LogP contribution in [0.2, 0.25) is 0 Å². The normalized spacial score (nSPS) is 11.7. The van der Waals surface area contributed by atoms with Crippen molar-refractivity contribution in [2.24, 2.45) is 0 Å². The van der Waals surface area contributed by atoms with Gasteiger partial charge in [-0.3, -0.25) is 4.68 Å². The van der Waals surface area contributed by atoms with Gasteiger partial charge in [-0.1, -0.05) is 6.07 Å². The van der Waals surface area contributed by atoms with Crippen LogP contribution in [0.3, 0.4) is 0 Å². The molecule has 0 spiro atoms. The number of ether oxygens (including phenoxy) is 2. The van der Waals surface area contributed by atoms with Crippen LogP contribution in [0.5, 0.6) is 5.88 Å². The van der Waals surface area contributed by atoms with E-state index in [1.807, 2.05) is 0 Å². The number of methoxy groups -OCH3 is 1. The highest BCUT2D eigenvalue weighted by Gasteiger charge is 2.34. The molecule has 4 rings (SSSR count). The van der Waals surface area contributed by atoms with Crippen LogP contribution in [0.25, 0.3) is 17.0 Å². The molecule has 3 heterocycles. The lowest BCUT2D eigenvalue weighted by atomic mass is 10.1. The van der Waals surface area contributed by atoms with E-state index in [2.05, 4.69) is 20.2 Å². The SMILES string of the molecule is CCOC(=O)c1cnn(-c2nc(OC)c3c(cnn3Cc3ccc(F)c(C(F)(F)F)c3)n2)c1. The molecular formula is C20H16F4N6O3. The molecule has 0 saturated carbocycles. The van der Waals surface area contributed by atoms with Crippen molar-refractivity contribution < 1.29 is 31.8 Å². The first-order valence-corrected chi connectivity index (χ1v) is 9.56. The molecule has 0 N–H and O–H groups in total. The smallest absolute Gasteiger partial charge is 0.419 e. The minimum absolute atomic E-state index is 0.0792. The largest absolute Gasteiger partial charge is 0.479 e. The van der Waals surface area contributed by atoms with E-state index in [4.69, 9.17) is 9.47 Å². The van der Waals surface area contributed by atoms with Crippen LogP contribution in [-0.4, -0.2) is 49.2 Å². The van der Waals surface area contributed by atoms with Gasteiger partial charge < -0.3 is 9.47 Å². The summed E-state index contributed by atoms with van der Waals surface area (Å²) in [6.07, 6.45) is -0.754. The summed E-state index contributed by atoms with van der Waals surface area (Å²) in [7, 11) is 1.36. The van der Waals surface area contributed by atoms with E-state index in [0.29, 0.717) is 11.0 Å². The maximum atomic E-state index is 13.6. The van der Waals surface area contributed by atoms with Crippen molar-refractivity contribution in [3.63, 3.8) is 0 Å². The molecule has 0 amide bonds. The highest BCUT2D eigenvalue weighted by atomic mass is 19.4. The lowest BCUT2D eigenvalue weighted by Crippen LogP contribution is -2.11. The van der Waals surface area contributed by atoms with Gasteiger partial charge in [-0.15, -0.1) is 0 Å². The van der Waals surface area contributed by atoms with E-state index in [1.165, 1.54) is 41.1 Å². The van der Waals surface area contributed by atoms with Gasteiger partial charge in [-0.2, -0.15) is 28.4 Å². The monoisotopic (exact) mass is 464 g/mol. The summed E-state index contributed by atoms with van der Waals surface area (Å²) in [5.74, 6) is -1.75. The van der Waals surface area contributed by atoms with E-state index in [0.717, 1.165) is 12.1 Å². The number of esters is 1. The zero-order valence-corrected chi connectivity index (χ0v) is 17.3. The predicted molar refractivity (Wildman–Crippen MR) is 105 cm³/mol. The van der Waals surface area contributed by atoms with Crippen molar-refractivity contribution in [2.45, 2.75) is 19.6 Å². The molecule has 0 bridgehead atoms. The number of carbonyl (C=O) groups is 1. The third-order valence-electron chi connectivity index (χ3n) is 4.61. The topological polar surface area (TPSA) is 97.0 Å². The van der Waals surface area contributed by atoms with Gasteiger partial charge in [-0.25, -0.2) is 18.9 Å². The summed E-state index contributed by atoms with van der Waals surface area (Å²) in [6, 6.07) is 2.72. The third kappa shape index (κ3) is 4.33. The molecule has 0 fully saturated rings. The van der Waals surface area contributed by atoms with Crippen LogP contribution in [0, 0.1) is 5.82 Å². The minimum Gasteiger partial charge on any atom is -0.479 e. The Balaban J connectivity index is 1.70. The average molecular weight is 464 g/mol. The van der Waals surface area contributed by atoms with Crippen molar-refractivity contribution in [1.29, 1.82) is 0 Å². The molecule has 0 aliphatic rings. The Bertz CT molecular complexity index is 1330. The van der Waals surface area contributed by atoms with Crippen LogP contribution >= 0.6 is 0 Å². The number of aromatic nitrogens is 6. The maximum Gasteiger partial charge on any atom is 0.419 e. The number of fused-ring (bicyclic) bond motifs is 1. The van der Waals surface area contributed by atoms with Crippen molar-refractivity contribution in [2.75, 3.05) is 13.7 Å². The zero-order valence-electron chi connectivity index (χ0n) is 17.3. The highest BCUT2D eigenvalue weighted by molar-refractivity contribution is 5.88. The van der Waals surface area contributed by atoms with Gasteiger partial charge in [0, 0.05) is 6.20 Å². The van der Waals surface area contributed by atoms with Gasteiger partial charge in [0.1, 0.15) is 16.9 Å². The Labute approximate surface area is 183 Å². The molecule has 9 nitrogen and oxygen atoms in total. The average Bonchev–Trinajstić information content (AvgIpc) is 3.42. The first-order valence-electron chi connectivity index (χ1n) is 9.56. The number of hydrogen-bond donors (Lipinski definition) is 0. The molecule has 13 heteroatoms. The van der Waals surface area contributed by atoms with E-state index in [9.17, 15) is 22.4 Å². The third-order valence-corrected chi connectivity index (χ3v) is 4.61. The second-order valence-corrected chi connectivity index (χ2v) is 6.77. The number of hydrogen-bond acceptors (Lipinski definition) is 7. The van der Waals surface area contributed by atoms with E-state index in [1.54, 1.807) is 6.92 Å². The summed E-state index contributed by atoms with van der Waals surface area (Å²) >= 11 is 0. The quantitative estimate of drug-likeness (QED) is 0.319. The number of halogens is 4. The van der Waals surface area contributed by atoms with Crippen molar-refractivity contribution in [1.82, 2.24) is 29.5 Å². The highest BCUT2D eigenvalue weighted by Crippen LogP contribution is 2.32. The van der Waals surface area contributed by atoms with Crippen LogP contribution in [0.4, 0.5) is 17.6 Å². The molecule has 33 heavy (non-hydrogen) atoms. The summed E-state index contributed by atoms with van der Waals surface area (Å²) < 4.78 is 65.6. The molecule has 0 aliphatic carbocycles. The number of nitrogens with zero attached hydrogens (tertiary/aromatic N) is 6. The number of benzene rings is 1. The second-order valence-electron chi connectivity index (χ2n) is 6.77. The van der Waals surface area contributed by atoms with Gasteiger partial charge >= 0.3 is 12.1 Å². The van der Waals surface area contributed by atoms with Crippen LogP contribution in [0.1, 0.15) is 28.4 Å². The maximum absolute atomic E-state index is 13.6. The molecule has 1 aromatic carbocycles. The van der Waals surface area contributed by atoms with Gasteiger partial charge in [-0.05, 0) is 24.6 Å². The minimum atomic E-state index is -4.83. The second kappa shape index (κ2) is 8.48. The summed E-state index contributed by atoms with van der Waals surface area (Å²) in [6.45, 7) is 1.77. The molecular weight excluding hydrogens is 448 g/mol. The van der Waals surface area contributed by atoms with Crippen molar-refractivity contribution in [3.8, 4) is 11.8 Å². The van der Waals surface area contributed by atoms with E-state index >= 15 is 0 Å². The van der Waals surface area contributed by atoms with E-state index in [-0.39, 0.29) is 36.1 Å². The van der Waals surface area contributed by atoms with Gasteiger partial charge in [0.25, 0.3) is 5.95 Å². The molecule has 0 saturated heterocycles. The first kappa shape index (κ1) is 22.2. The fourth-order valence-corrected chi connectivity index (χ4v) is 3.13. The number of rotatable bonds is 6. The first-order chi connectivity index (χ1) is 15.7. The number of alkyl halides is 3. The van der Waals surface area contributed by atoms with Crippen LogP contribution < -0.4 is 4.74 Å². The number of carbonyl (C=O) groups excluding carboxylic acids is 1. The molecule has 4 aromatic rings. The Hall–Kier alpha value is -4.03. The van der Waals surface area contributed by atoms with E-state index < -0.39 is 23.5 Å². The molecule has 0 radical (unpaired) electrons. The van der Waals surface area contributed by atoms with Crippen LogP contribution in [-0.2, 0) is 17.5 Å². The Kier molecular flexibility index (Phi) is 5.70. The van der Waals surface area contributed by atoms with Crippen LogP contribution in [0.15, 0.2) is 36.8 Å². The molecule has 172 valence electrons. The summed E-state index contributed by atoms with van der Waals surface area (Å²) in [5, 5.41) is 8.21. The molecule has 0 aliphatic heterocycles. The molecule has 0 atom stereocenters. The van der Waals surface area contributed by atoms with Crippen molar-refractivity contribution >= 4 is 17.0 Å². The Morgan fingerprint density at radius 3 is 2.64 bits per heavy atom. The predicted octanol–water partition coefficient (Wildman–Crippen LogP) is 3.40. The fourth-order valence-electron chi connectivity index (χ4n) is 3.13. The Morgan fingerprint density at radius 2 is 1.94 bits per heavy atom. The molecule has 3 aromatic heterocycles. The zero-order chi connectivity index (χ0) is 23.8. The van der Waals surface area contributed by atoms with Gasteiger partial charge in [0.05, 0.1) is 43.8 Å².